The van der Waals surface area contributed by atoms with E-state index in [0.29, 0.717) is 16.2 Å². The van der Waals surface area contributed by atoms with Crippen LogP contribution in [-0.2, 0) is 6.42 Å². The molecule has 0 bridgehead atoms. The van der Waals surface area contributed by atoms with Crippen LogP contribution in [0.1, 0.15) is 39.7 Å². The van der Waals surface area contributed by atoms with E-state index in [1.165, 1.54) is 23.5 Å². The molecule has 0 aliphatic heterocycles. The number of hydrogen-bond acceptors (Lipinski definition) is 5. The zero-order valence-corrected chi connectivity index (χ0v) is 14.9. The van der Waals surface area contributed by atoms with Crippen molar-refractivity contribution in [3.8, 4) is 6.07 Å². The van der Waals surface area contributed by atoms with E-state index >= 15 is 0 Å². The van der Waals surface area contributed by atoms with E-state index in [1.807, 2.05) is 13.0 Å². The van der Waals surface area contributed by atoms with Gasteiger partial charge in [0, 0.05) is 35.6 Å². The molecule has 2 heterocycles. The highest BCUT2D eigenvalue weighted by Gasteiger charge is 2.41. The molecule has 1 aliphatic rings. The fourth-order valence-electron chi connectivity index (χ4n) is 3.44. The van der Waals surface area contributed by atoms with Gasteiger partial charge in [0.15, 0.2) is 4.96 Å². The zero-order valence-electron chi connectivity index (χ0n) is 14.1. The third kappa shape index (κ3) is 2.71. The van der Waals surface area contributed by atoms with Gasteiger partial charge in [-0.3, -0.25) is 9.20 Å². The van der Waals surface area contributed by atoms with Crippen LogP contribution in [0.25, 0.3) is 4.96 Å². The Balaban J connectivity index is 1.76. The second kappa shape index (κ2) is 6.31. The molecule has 1 aliphatic carbocycles. The lowest BCUT2D eigenvalue weighted by Gasteiger charge is -2.06. The van der Waals surface area contributed by atoms with E-state index in [-0.39, 0.29) is 36.0 Å². The summed E-state index contributed by atoms with van der Waals surface area (Å²) in [5.74, 6) is -0.159. The van der Waals surface area contributed by atoms with Gasteiger partial charge in [-0.05, 0) is 30.9 Å². The lowest BCUT2D eigenvalue weighted by molar-refractivity contribution is 0.273. The largest absolute Gasteiger partial charge is 0.396 e. The van der Waals surface area contributed by atoms with Gasteiger partial charge < -0.3 is 5.11 Å². The summed E-state index contributed by atoms with van der Waals surface area (Å²) in [6.45, 7) is 2.08. The standard InChI is InChI=1S/C19H16FN3O2S/c1-10-18(15-6-13(15)9-24)23-16(25)7-14(22-19(23)26-10)5-11-3-2-4-12(8-21)17(11)20/h2-4,7,13,15,24H,5-6,9H2,1H3. The van der Waals surface area contributed by atoms with E-state index in [1.54, 1.807) is 16.5 Å². The number of fused-ring (bicyclic) bond motifs is 1. The maximum absolute atomic E-state index is 14.3. The molecule has 0 amide bonds. The molecule has 2 atom stereocenters. The topological polar surface area (TPSA) is 78.4 Å². The molecular formula is C19H16FN3O2S. The van der Waals surface area contributed by atoms with E-state index in [2.05, 4.69) is 4.98 Å². The summed E-state index contributed by atoms with van der Waals surface area (Å²) in [5, 5.41) is 18.3. The Morgan fingerprint density at radius 2 is 2.31 bits per heavy atom. The first kappa shape index (κ1) is 16.9. The van der Waals surface area contributed by atoms with Crippen molar-refractivity contribution in [2.75, 3.05) is 6.61 Å². The van der Waals surface area contributed by atoms with Crippen molar-refractivity contribution in [3.63, 3.8) is 0 Å². The van der Waals surface area contributed by atoms with E-state index in [4.69, 9.17) is 5.26 Å². The summed E-state index contributed by atoms with van der Waals surface area (Å²) >= 11 is 1.43. The molecule has 0 spiro atoms. The minimum atomic E-state index is -0.566. The smallest absolute Gasteiger partial charge is 0.258 e. The van der Waals surface area contributed by atoms with E-state index in [9.17, 15) is 14.3 Å². The third-order valence-corrected chi connectivity index (χ3v) is 5.84. The molecule has 4 rings (SSSR count). The number of hydrogen-bond donors (Lipinski definition) is 1. The highest BCUT2D eigenvalue weighted by molar-refractivity contribution is 7.17. The van der Waals surface area contributed by atoms with Gasteiger partial charge in [-0.25, -0.2) is 9.37 Å². The first-order valence-corrected chi connectivity index (χ1v) is 9.15. The van der Waals surface area contributed by atoms with Crippen LogP contribution < -0.4 is 5.56 Å². The van der Waals surface area contributed by atoms with Gasteiger partial charge in [0.25, 0.3) is 5.56 Å². The molecule has 1 aromatic carbocycles. The summed E-state index contributed by atoms with van der Waals surface area (Å²) in [5.41, 5.74) is 1.55. The third-order valence-electron chi connectivity index (χ3n) is 4.87. The van der Waals surface area contributed by atoms with Gasteiger partial charge in [0.2, 0.25) is 0 Å². The first-order chi connectivity index (χ1) is 12.5. The number of halogens is 1. The van der Waals surface area contributed by atoms with Gasteiger partial charge in [0.05, 0.1) is 11.3 Å². The molecule has 1 saturated carbocycles. The molecule has 0 saturated heterocycles. The fraction of sp³-hybridized carbons (Fsp3) is 0.316. The molecule has 0 radical (unpaired) electrons. The van der Waals surface area contributed by atoms with Crippen LogP contribution in [0.3, 0.4) is 0 Å². The van der Waals surface area contributed by atoms with E-state index < -0.39 is 5.82 Å². The summed E-state index contributed by atoms with van der Waals surface area (Å²) in [7, 11) is 0. The molecule has 132 valence electrons. The van der Waals surface area contributed by atoms with Gasteiger partial charge >= 0.3 is 0 Å². The van der Waals surface area contributed by atoms with Crippen LogP contribution in [0.4, 0.5) is 4.39 Å². The molecule has 7 heteroatoms. The normalized spacial score (nSPS) is 18.8. The SMILES string of the molecule is Cc1sc2nc(Cc3cccc(C#N)c3F)cc(=O)n2c1C1CC1CO. The van der Waals surface area contributed by atoms with Crippen molar-refractivity contribution in [2.24, 2.45) is 5.92 Å². The Morgan fingerprint density at radius 3 is 3.00 bits per heavy atom. The Kier molecular flexibility index (Phi) is 4.10. The van der Waals surface area contributed by atoms with Crippen molar-refractivity contribution in [2.45, 2.75) is 25.7 Å². The van der Waals surface area contributed by atoms with Crippen LogP contribution >= 0.6 is 11.3 Å². The number of thiazole rings is 1. The molecular weight excluding hydrogens is 353 g/mol. The fourth-order valence-corrected chi connectivity index (χ4v) is 4.51. The van der Waals surface area contributed by atoms with Gasteiger partial charge in [-0.2, -0.15) is 5.26 Å². The molecule has 1 N–H and O–H groups in total. The predicted octanol–water partition coefficient (Wildman–Crippen LogP) is 2.76. The lowest BCUT2D eigenvalue weighted by atomic mass is 10.1. The van der Waals surface area contributed by atoms with Crippen LogP contribution in [-0.4, -0.2) is 21.1 Å². The van der Waals surface area contributed by atoms with Crippen molar-refractivity contribution < 1.29 is 9.50 Å². The van der Waals surface area contributed by atoms with Gasteiger partial charge in [-0.1, -0.05) is 12.1 Å². The molecule has 1 fully saturated rings. The quantitative estimate of drug-likeness (QED) is 0.767. The highest BCUT2D eigenvalue weighted by atomic mass is 32.1. The number of benzene rings is 1. The van der Waals surface area contributed by atoms with Crippen molar-refractivity contribution in [1.82, 2.24) is 9.38 Å². The Bertz CT molecular complexity index is 1110. The van der Waals surface area contributed by atoms with Crippen molar-refractivity contribution in [3.05, 3.63) is 67.8 Å². The molecule has 2 aromatic heterocycles. The summed E-state index contributed by atoms with van der Waals surface area (Å²) < 4.78 is 15.9. The average Bonchev–Trinajstić information content (AvgIpc) is 3.31. The monoisotopic (exact) mass is 369 g/mol. The number of aliphatic hydroxyl groups excluding tert-OH is 1. The second-order valence-electron chi connectivity index (χ2n) is 6.60. The maximum Gasteiger partial charge on any atom is 0.258 e. The van der Waals surface area contributed by atoms with Crippen molar-refractivity contribution >= 4 is 16.3 Å². The van der Waals surface area contributed by atoms with Crippen LogP contribution in [0.2, 0.25) is 0 Å². The molecule has 5 nitrogen and oxygen atoms in total. The number of aryl methyl sites for hydroxylation is 1. The van der Waals surface area contributed by atoms with Crippen LogP contribution in [0.5, 0.6) is 0 Å². The summed E-state index contributed by atoms with van der Waals surface area (Å²) in [6.07, 6.45) is 1.03. The zero-order chi connectivity index (χ0) is 18.4. The van der Waals surface area contributed by atoms with Crippen molar-refractivity contribution in [1.29, 1.82) is 5.26 Å². The maximum atomic E-state index is 14.3. The Hall–Kier alpha value is -2.56. The van der Waals surface area contributed by atoms with Crippen LogP contribution in [0.15, 0.2) is 29.1 Å². The number of nitrogens with zero attached hydrogens (tertiary/aromatic N) is 3. The number of rotatable bonds is 4. The lowest BCUT2D eigenvalue weighted by Crippen LogP contribution is -2.17. The summed E-state index contributed by atoms with van der Waals surface area (Å²) in [6, 6.07) is 7.89. The first-order valence-electron chi connectivity index (χ1n) is 8.33. The molecule has 3 aromatic rings. The number of nitriles is 1. The average molecular weight is 369 g/mol. The highest BCUT2D eigenvalue weighted by Crippen LogP contribution is 2.49. The Morgan fingerprint density at radius 1 is 1.50 bits per heavy atom. The molecule has 2 unspecified atom stereocenters. The number of aromatic nitrogens is 2. The second-order valence-corrected chi connectivity index (χ2v) is 7.78. The van der Waals surface area contributed by atoms with Gasteiger partial charge in [0.1, 0.15) is 11.9 Å². The van der Waals surface area contributed by atoms with E-state index in [0.717, 1.165) is 17.0 Å². The summed E-state index contributed by atoms with van der Waals surface area (Å²) in [4.78, 5) is 18.8. The minimum absolute atomic E-state index is 0.0154. The van der Waals surface area contributed by atoms with Gasteiger partial charge in [-0.15, -0.1) is 11.3 Å². The van der Waals surface area contributed by atoms with Crippen LogP contribution in [0, 0.1) is 30.0 Å². The number of aliphatic hydroxyl groups is 1. The Labute approximate surface area is 153 Å². The predicted molar refractivity (Wildman–Crippen MR) is 95.9 cm³/mol. The minimum Gasteiger partial charge on any atom is -0.396 e. The molecule has 26 heavy (non-hydrogen) atoms.